The molecule has 2 aromatic rings. The molecule has 2 aromatic carbocycles. The lowest BCUT2D eigenvalue weighted by molar-refractivity contribution is 0.305. The second-order valence-electron chi connectivity index (χ2n) is 3.90. The highest BCUT2D eigenvalue weighted by atomic mass is 35.5. The summed E-state index contributed by atoms with van der Waals surface area (Å²) >= 11 is 5.88. The van der Waals surface area contributed by atoms with Gasteiger partial charge in [-0.2, -0.15) is 0 Å². The van der Waals surface area contributed by atoms with E-state index < -0.39 is 0 Å². The summed E-state index contributed by atoms with van der Waals surface area (Å²) in [5.74, 6) is 0.831. The Morgan fingerprint density at radius 3 is 2.65 bits per heavy atom. The van der Waals surface area contributed by atoms with Crippen LogP contribution in [-0.2, 0) is 6.61 Å². The highest BCUT2D eigenvalue weighted by Crippen LogP contribution is 2.23. The number of nitrogens with two attached hydrogens (primary N) is 1. The van der Waals surface area contributed by atoms with Crippen molar-refractivity contribution in [3.05, 3.63) is 58.6 Å². The van der Waals surface area contributed by atoms with E-state index in [-0.39, 0.29) is 0 Å². The van der Waals surface area contributed by atoms with Crippen LogP contribution in [0.4, 0.5) is 5.69 Å². The molecule has 0 heterocycles. The lowest BCUT2D eigenvalue weighted by atomic mass is 10.2. The van der Waals surface area contributed by atoms with E-state index in [0.29, 0.717) is 11.6 Å². The Kier molecular flexibility index (Phi) is 3.55. The van der Waals surface area contributed by atoms with Crippen molar-refractivity contribution in [3.8, 4) is 5.75 Å². The van der Waals surface area contributed by atoms with Crippen molar-refractivity contribution in [2.24, 2.45) is 0 Å². The van der Waals surface area contributed by atoms with Crippen LogP contribution in [0, 0.1) is 6.92 Å². The number of hydrogen-bond donors (Lipinski definition) is 1. The number of ether oxygens (including phenoxy) is 1. The summed E-state index contributed by atoms with van der Waals surface area (Å²) in [4.78, 5) is 0. The summed E-state index contributed by atoms with van der Waals surface area (Å²) in [6.45, 7) is 2.44. The Bertz CT molecular complexity index is 525. The summed E-state index contributed by atoms with van der Waals surface area (Å²) in [5, 5.41) is 0.717. The number of halogens is 1. The number of nitrogen functional groups attached to an aromatic ring is 1. The topological polar surface area (TPSA) is 35.2 Å². The van der Waals surface area contributed by atoms with Crippen LogP contribution in [0.5, 0.6) is 5.75 Å². The van der Waals surface area contributed by atoms with E-state index in [9.17, 15) is 0 Å². The van der Waals surface area contributed by atoms with Gasteiger partial charge in [-0.15, -0.1) is 0 Å². The number of anilines is 1. The van der Waals surface area contributed by atoms with Gasteiger partial charge < -0.3 is 10.5 Å². The molecule has 0 aliphatic rings. The summed E-state index contributed by atoms with van der Waals surface area (Å²) in [6, 6.07) is 13.3. The lowest BCUT2D eigenvalue weighted by Crippen LogP contribution is -2.00. The number of hydrogen-bond acceptors (Lipinski definition) is 2. The van der Waals surface area contributed by atoms with Gasteiger partial charge in [0, 0.05) is 16.3 Å². The first-order valence-corrected chi connectivity index (χ1v) is 5.77. The van der Waals surface area contributed by atoms with E-state index in [1.165, 1.54) is 0 Å². The van der Waals surface area contributed by atoms with Gasteiger partial charge in [0.1, 0.15) is 12.4 Å². The predicted molar refractivity (Wildman–Crippen MR) is 71.4 cm³/mol. The van der Waals surface area contributed by atoms with Gasteiger partial charge in [0.2, 0.25) is 0 Å². The number of rotatable bonds is 3. The quantitative estimate of drug-likeness (QED) is 0.837. The fraction of sp³-hybridized carbons (Fsp3) is 0.143. The Labute approximate surface area is 106 Å². The molecule has 0 saturated carbocycles. The Balaban J connectivity index is 2.10. The third kappa shape index (κ3) is 2.92. The molecule has 0 fully saturated rings. The summed E-state index contributed by atoms with van der Waals surface area (Å²) < 4.78 is 5.72. The molecule has 0 aromatic heterocycles. The molecule has 0 atom stereocenters. The van der Waals surface area contributed by atoms with Crippen molar-refractivity contribution in [2.45, 2.75) is 13.5 Å². The van der Waals surface area contributed by atoms with Crippen LogP contribution in [0.15, 0.2) is 42.5 Å². The second-order valence-corrected chi connectivity index (χ2v) is 4.33. The molecule has 2 rings (SSSR count). The Morgan fingerprint density at radius 2 is 1.94 bits per heavy atom. The maximum absolute atomic E-state index is 5.88. The largest absolute Gasteiger partial charge is 0.489 e. The Hall–Kier alpha value is -1.67. The fourth-order valence-electron chi connectivity index (χ4n) is 1.60. The molecule has 0 spiro atoms. The molecule has 88 valence electrons. The standard InChI is InChI=1S/C14H14ClNO/c1-10-8-12(15)6-7-14(10)17-9-11-4-2-3-5-13(11)16/h2-8H,9,16H2,1H3. The van der Waals surface area contributed by atoms with Gasteiger partial charge >= 0.3 is 0 Å². The van der Waals surface area contributed by atoms with Crippen molar-refractivity contribution >= 4 is 17.3 Å². The molecule has 0 saturated heterocycles. The lowest BCUT2D eigenvalue weighted by Gasteiger charge is -2.10. The van der Waals surface area contributed by atoms with Gasteiger partial charge in [-0.3, -0.25) is 0 Å². The van der Waals surface area contributed by atoms with Gasteiger partial charge in [-0.25, -0.2) is 0 Å². The van der Waals surface area contributed by atoms with Crippen molar-refractivity contribution in [1.82, 2.24) is 0 Å². The van der Waals surface area contributed by atoms with Crippen LogP contribution in [0.25, 0.3) is 0 Å². The molecule has 17 heavy (non-hydrogen) atoms. The minimum Gasteiger partial charge on any atom is -0.489 e. The molecule has 2 N–H and O–H groups in total. The zero-order valence-corrected chi connectivity index (χ0v) is 10.4. The van der Waals surface area contributed by atoms with Crippen LogP contribution in [-0.4, -0.2) is 0 Å². The average molecular weight is 248 g/mol. The second kappa shape index (κ2) is 5.11. The van der Waals surface area contributed by atoms with Crippen LogP contribution >= 0.6 is 11.6 Å². The molecular formula is C14H14ClNO. The van der Waals surface area contributed by atoms with E-state index >= 15 is 0 Å². The minimum absolute atomic E-state index is 0.467. The monoisotopic (exact) mass is 247 g/mol. The van der Waals surface area contributed by atoms with Crippen molar-refractivity contribution in [3.63, 3.8) is 0 Å². The molecule has 0 bridgehead atoms. The van der Waals surface area contributed by atoms with Crippen molar-refractivity contribution in [1.29, 1.82) is 0 Å². The number of aryl methyl sites for hydroxylation is 1. The molecule has 0 amide bonds. The van der Waals surface area contributed by atoms with E-state index in [0.717, 1.165) is 22.6 Å². The highest BCUT2D eigenvalue weighted by molar-refractivity contribution is 6.30. The number of benzene rings is 2. The molecule has 2 nitrogen and oxygen atoms in total. The molecule has 3 heteroatoms. The van der Waals surface area contributed by atoms with Crippen LogP contribution in [0.1, 0.15) is 11.1 Å². The van der Waals surface area contributed by atoms with Crippen LogP contribution < -0.4 is 10.5 Å². The van der Waals surface area contributed by atoms with Gasteiger partial charge in [-0.05, 0) is 36.8 Å². The molecule has 0 radical (unpaired) electrons. The number of para-hydroxylation sites is 1. The van der Waals surface area contributed by atoms with Crippen LogP contribution in [0.3, 0.4) is 0 Å². The van der Waals surface area contributed by atoms with Crippen LogP contribution in [0.2, 0.25) is 5.02 Å². The van der Waals surface area contributed by atoms with E-state index in [4.69, 9.17) is 22.1 Å². The first-order valence-electron chi connectivity index (χ1n) is 5.39. The molecule has 0 aliphatic heterocycles. The zero-order valence-electron chi connectivity index (χ0n) is 9.61. The minimum atomic E-state index is 0.467. The van der Waals surface area contributed by atoms with Gasteiger partial charge in [-0.1, -0.05) is 29.8 Å². The maximum Gasteiger partial charge on any atom is 0.122 e. The molecular weight excluding hydrogens is 234 g/mol. The van der Waals surface area contributed by atoms with Crippen molar-refractivity contribution in [2.75, 3.05) is 5.73 Å². The Morgan fingerprint density at radius 1 is 1.18 bits per heavy atom. The fourth-order valence-corrected chi connectivity index (χ4v) is 1.82. The van der Waals surface area contributed by atoms with Crippen molar-refractivity contribution < 1.29 is 4.74 Å². The summed E-state index contributed by atoms with van der Waals surface area (Å²) in [7, 11) is 0. The highest BCUT2D eigenvalue weighted by Gasteiger charge is 2.02. The molecule has 0 unspecified atom stereocenters. The van der Waals surface area contributed by atoms with Gasteiger partial charge in [0.15, 0.2) is 0 Å². The SMILES string of the molecule is Cc1cc(Cl)ccc1OCc1ccccc1N. The normalized spacial score (nSPS) is 10.2. The first kappa shape index (κ1) is 11.8. The van der Waals surface area contributed by atoms with E-state index in [1.54, 1.807) is 0 Å². The predicted octanol–water partition coefficient (Wildman–Crippen LogP) is 3.81. The first-order chi connectivity index (χ1) is 8.16. The van der Waals surface area contributed by atoms with E-state index in [2.05, 4.69) is 0 Å². The third-order valence-corrected chi connectivity index (χ3v) is 2.81. The average Bonchev–Trinajstić information content (AvgIpc) is 2.30. The van der Waals surface area contributed by atoms with Gasteiger partial charge in [0.05, 0.1) is 0 Å². The zero-order chi connectivity index (χ0) is 12.3. The third-order valence-electron chi connectivity index (χ3n) is 2.58. The summed E-state index contributed by atoms with van der Waals surface area (Å²) in [6.07, 6.45) is 0. The van der Waals surface area contributed by atoms with E-state index in [1.807, 2.05) is 49.4 Å². The smallest absolute Gasteiger partial charge is 0.122 e. The summed E-state index contributed by atoms with van der Waals surface area (Å²) in [5.41, 5.74) is 8.60. The van der Waals surface area contributed by atoms with Gasteiger partial charge in [0.25, 0.3) is 0 Å². The molecule has 0 aliphatic carbocycles. The maximum atomic E-state index is 5.88.